The minimum atomic E-state index is -0.692. The molecule has 0 unspecified atom stereocenters. The number of carbonyl (C=O) groups is 1. The lowest BCUT2D eigenvalue weighted by Gasteiger charge is -2.25. The van der Waals surface area contributed by atoms with E-state index in [1.54, 1.807) is 43.5 Å². The summed E-state index contributed by atoms with van der Waals surface area (Å²) in [6.45, 7) is 5.33. The molecular weight excluding hydrogens is 528 g/mol. The molecule has 9 heteroatoms. The van der Waals surface area contributed by atoms with E-state index in [-0.39, 0.29) is 11.7 Å². The second-order valence-corrected chi connectivity index (χ2v) is 11.2. The third-order valence-corrected chi connectivity index (χ3v) is 7.77. The molecule has 0 saturated carbocycles. The van der Waals surface area contributed by atoms with E-state index >= 15 is 0 Å². The van der Waals surface area contributed by atoms with Crippen molar-refractivity contribution in [3.63, 3.8) is 0 Å². The van der Waals surface area contributed by atoms with Gasteiger partial charge in [0.25, 0.3) is 5.56 Å². The summed E-state index contributed by atoms with van der Waals surface area (Å²) in [6.07, 6.45) is 1.40. The highest BCUT2D eigenvalue weighted by Gasteiger charge is 2.33. The highest BCUT2D eigenvalue weighted by Crippen LogP contribution is 2.32. The Bertz CT molecular complexity index is 1670. The molecule has 0 aliphatic carbocycles. The van der Waals surface area contributed by atoms with Crippen molar-refractivity contribution in [3.8, 4) is 0 Å². The maximum Gasteiger partial charge on any atom is 0.338 e. The highest BCUT2D eigenvalue weighted by atomic mass is 35.5. The van der Waals surface area contributed by atoms with Gasteiger partial charge in [-0.15, -0.1) is 0 Å². The average Bonchev–Trinajstić information content (AvgIpc) is 3.42. The molecule has 1 aliphatic rings. The monoisotopic (exact) mass is 550 g/mol. The van der Waals surface area contributed by atoms with Crippen molar-refractivity contribution in [2.75, 3.05) is 0 Å². The van der Waals surface area contributed by atoms with E-state index in [9.17, 15) is 9.59 Å². The Morgan fingerprint density at radius 1 is 1.14 bits per heavy atom. The summed E-state index contributed by atoms with van der Waals surface area (Å²) in [4.78, 5) is 33.0. The Kier molecular flexibility index (Phi) is 7.24. The largest absolute Gasteiger partial charge is 0.459 e. The van der Waals surface area contributed by atoms with Gasteiger partial charge in [0.1, 0.15) is 5.76 Å². The second-order valence-electron chi connectivity index (χ2n) is 8.66. The zero-order valence-corrected chi connectivity index (χ0v) is 22.7. The molecule has 0 N–H and O–H groups in total. The van der Waals surface area contributed by atoms with E-state index in [1.807, 2.05) is 54.6 Å². The fraction of sp³-hybridized carbons (Fsp3) is 0.179. The Morgan fingerprint density at radius 2 is 1.86 bits per heavy atom. The molecule has 188 valence electrons. The van der Waals surface area contributed by atoms with E-state index < -0.39 is 12.0 Å². The summed E-state index contributed by atoms with van der Waals surface area (Å²) < 4.78 is 13.5. The standard InChI is InChI=1S/C28H23ClN2O4S2/c1-16(2)34-27(33)24-17(3)30-28-31(25(24)18-9-11-19(29)12-10-18)26(32)22(37-28)15-20-13-14-23(35-20)36-21-7-5-4-6-8-21/h4-16,25H,1-3H3/t25-/m0/s1. The van der Waals surface area contributed by atoms with Crippen molar-refractivity contribution >= 4 is 46.7 Å². The SMILES string of the molecule is CC1=C(C(=O)OC(C)C)[C@H](c2ccc(Cl)cc2)n2c(sc(=Cc3ccc(Sc4ccccc4)o3)c2=O)=N1. The Balaban J connectivity index is 1.58. The first kappa shape index (κ1) is 25.3. The van der Waals surface area contributed by atoms with Gasteiger partial charge in [-0.2, -0.15) is 0 Å². The van der Waals surface area contributed by atoms with Crippen LogP contribution in [0.4, 0.5) is 0 Å². The van der Waals surface area contributed by atoms with Crippen LogP contribution < -0.4 is 14.9 Å². The van der Waals surface area contributed by atoms with Crippen LogP contribution in [0.3, 0.4) is 0 Å². The van der Waals surface area contributed by atoms with Crippen LogP contribution in [0.15, 0.2) is 102 Å². The summed E-state index contributed by atoms with van der Waals surface area (Å²) in [5, 5.41) is 1.28. The molecule has 2 aromatic carbocycles. The summed E-state index contributed by atoms with van der Waals surface area (Å²) in [5.41, 5.74) is 1.31. The van der Waals surface area contributed by atoms with Crippen LogP contribution in [-0.4, -0.2) is 16.6 Å². The Morgan fingerprint density at radius 3 is 2.57 bits per heavy atom. The fourth-order valence-electron chi connectivity index (χ4n) is 4.02. The van der Waals surface area contributed by atoms with Crippen molar-refractivity contribution in [1.82, 2.24) is 4.57 Å². The minimum Gasteiger partial charge on any atom is -0.459 e. The number of halogens is 1. The van der Waals surface area contributed by atoms with E-state index in [0.717, 1.165) is 15.6 Å². The van der Waals surface area contributed by atoms with Crippen LogP contribution >= 0.6 is 34.7 Å². The summed E-state index contributed by atoms with van der Waals surface area (Å²) >= 11 is 8.88. The van der Waals surface area contributed by atoms with Crippen LogP contribution in [-0.2, 0) is 9.53 Å². The van der Waals surface area contributed by atoms with Gasteiger partial charge in [-0.25, -0.2) is 9.79 Å². The van der Waals surface area contributed by atoms with Gasteiger partial charge in [-0.1, -0.05) is 65.0 Å². The summed E-state index contributed by atoms with van der Waals surface area (Å²) in [6, 6.07) is 20.0. The number of esters is 1. The molecule has 4 aromatic rings. The molecule has 5 rings (SSSR count). The number of ether oxygens (including phenoxy) is 1. The third-order valence-electron chi connectivity index (χ3n) is 5.61. The highest BCUT2D eigenvalue weighted by molar-refractivity contribution is 7.99. The van der Waals surface area contributed by atoms with Gasteiger partial charge >= 0.3 is 5.97 Å². The fourth-order valence-corrected chi connectivity index (χ4v) is 5.97. The number of hydrogen-bond acceptors (Lipinski definition) is 7. The van der Waals surface area contributed by atoms with Crippen LogP contribution in [0.5, 0.6) is 0 Å². The van der Waals surface area contributed by atoms with Gasteiger partial charge < -0.3 is 9.15 Å². The van der Waals surface area contributed by atoms with Crippen molar-refractivity contribution in [2.24, 2.45) is 4.99 Å². The predicted molar refractivity (Wildman–Crippen MR) is 146 cm³/mol. The topological polar surface area (TPSA) is 73.8 Å². The first-order chi connectivity index (χ1) is 17.8. The lowest BCUT2D eigenvalue weighted by molar-refractivity contribution is -0.143. The van der Waals surface area contributed by atoms with Crippen molar-refractivity contribution in [1.29, 1.82) is 0 Å². The maximum absolute atomic E-state index is 13.7. The van der Waals surface area contributed by atoms with Crippen molar-refractivity contribution in [3.05, 3.63) is 114 Å². The quantitative estimate of drug-likeness (QED) is 0.293. The molecule has 0 fully saturated rings. The first-order valence-electron chi connectivity index (χ1n) is 11.6. The summed E-state index contributed by atoms with van der Waals surface area (Å²) in [7, 11) is 0. The lowest BCUT2D eigenvalue weighted by Crippen LogP contribution is -2.40. The van der Waals surface area contributed by atoms with Gasteiger partial charge in [0.05, 0.1) is 27.9 Å². The molecule has 0 amide bonds. The van der Waals surface area contributed by atoms with E-state index in [2.05, 4.69) is 4.99 Å². The normalized spacial score (nSPS) is 15.6. The van der Waals surface area contributed by atoms with Crippen molar-refractivity contribution < 1.29 is 13.9 Å². The summed E-state index contributed by atoms with van der Waals surface area (Å²) in [5.74, 6) is 0.0565. The van der Waals surface area contributed by atoms with Gasteiger partial charge in [-0.05, 0) is 62.7 Å². The van der Waals surface area contributed by atoms with E-state index in [0.29, 0.717) is 31.4 Å². The van der Waals surface area contributed by atoms with Crippen LogP contribution in [0.1, 0.15) is 38.1 Å². The van der Waals surface area contributed by atoms with E-state index in [1.165, 1.54) is 23.1 Å². The third kappa shape index (κ3) is 5.37. The maximum atomic E-state index is 13.7. The molecule has 37 heavy (non-hydrogen) atoms. The van der Waals surface area contributed by atoms with Crippen LogP contribution in [0.25, 0.3) is 6.08 Å². The molecule has 2 aromatic heterocycles. The van der Waals surface area contributed by atoms with Gasteiger partial charge in [0.15, 0.2) is 9.89 Å². The van der Waals surface area contributed by atoms with Crippen LogP contribution in [0.2, 0.25) is 5.02 Å². The van der Waals surface area contributed by atoms with Gasteiger partial charge in [-0.3, -0.25) is 9.36 Å². The van der Waals surface area contributed by atoms with Crippen molar-refractivity contribution in [2.45, 2.75) is 42.9 Å². The molecule has 0 spiro atoms. The van der Waals surface area contributed by atoms with Crippen LogP contribution in [0, 0.1) is 0 Å². The number of allylic oxidation sites excluding steroid dienone is 1. The number of hydrogen-bond donors (Lipinski definition) is 0. The molecule has 0 radical (unpaired) electrons. The number of benzene rings is 2. The zero-order chi connectivity index (χ0) is 26.1. The number of thiazole rings is 1. The number of rotatable bonds is 6. The molecule has 1 aliphatic heterocycles. The number of furan rings is 1. The lowest BCUT2D eigenvalue weighted by atomic mass is 9.96. The minimum absolute atomic E-state index is 0.264. The zero-order valence-electron chi connectivity index (χ0n) is 20.3. The smallest absolute Gasteiger partial charge is 0.338 e. The second kappa shape index (κ2) is 10.6. The predicted octanol–water partition coefficient (Wildman–Crippen LogP) is 5.58. The number of fused-ring (bicyclic) bond motifs is 1. The molecule has 0 saturated heterocycles. The molecule has 6 nitrogen and oxygen atoms in total. The Labute approximate surface area is 226 Å². The molecule has 3 heterocycles. The molecule has 1 atom stereocenters. The number of nitrogens with zero attached hydrogens (tertiary/aromatic N) is 2. The molecule has 0 bridgehead atoms. The average molecular weight is 551 g/mol. The first-order valence-corrected chi connectivity index (χ1v) is 13.6. The van der Waals surface area contributed by atoms with Gasteiger partial charge in [0.2, 0.25) is 0 Å². The van der Waals surface area contributed by atoms with Gasteiger partial charge in [0, 0.05) is 16.0 Å². The number of carbonyl (C=O) groups excluding carboxylic acids is 1. The molecular formula is C28H23ClN2O4S2. The number of aromatic nitrogens is 1. The van der Waals surface area contributed by atoms with E-state index in [4.69, 9.17) is 20.8 Å². The Hall–Kier alpha value is -3.33.